The predicted octanol–water partition coefficient (Wildman–Crippen LogP) is 4.15. The van der Waals surface area contributed by atoms with Gasteiger partial charge >= 0.3 is 0 Å². The number of nitrogens with two attached hydrogens (primary N) is 1. The molecule has 2 N–H and O–H groups in total. The molecule has 3 heterocycles. The Hall–Kier alpha value is -3.32. The van der Waals surface area contributed by atoms with Crippen LogP contribution in [-0.2, 0) is 6.61 Å². The number of rotatable bonds is 3. The topological polar surface area (TPSA) is 75.2 Å². The van der Waals surface area contributed by atoms with Crippen LogP contribution in [0.25, 0.3) is 27.5 Å². The van der Waals surface area contributed by atoms with Crippen LogP contribution in [0.5, 0.6) is 11.5 Å². The zero-order valence-corrected chi connectivity index (χ0v) is 15.4. The van der Waals surface area contributed by atoms with Crippen LogP contribution in [0.15, 0.2) is 54.7 Å². The lowest BCUT2D eigenvalue weighted by molar-refractivity contribution is 0.305. The van der Waals surface area contributed by atoms with Gasteiger partial charge < -0.3 is 15.2 Å². The number of hydrogen-bond donors (Lipinski definition) is 1. The second kappa shape index (κ2) is 6.14. The second-order valence-electron chi connectivity index (χ2n) is 6.14. The lowest BCUT2D eigenvalue weighted by atomic mass is 10.1. The van der Waals surface area contributed by atoms with Gasteiger partial charge in [-0.15, -0.1) is 0 Å². The fraction of sp³-hybridized carbons (Fsp3) is 0.100. The monoisotopic (exact) mass is 376 g/mol. The average Bonchev–Trinajstić information content (AvgIpc) is 3.31. The second-order valence-corrected chi connectivity index (χ2v) is 7.20. The van der Waals surface area contributed by atoms with E-state index >= 15 is 0 Å². The summed E-state index contributed by atoms with van der Waals surface area (Å²) in [5.74, 6) is 2.21. The number of aromatic nitrogens is 3. The highest BCUT2D eigenvalue weighted by molar-refractivity contribution is 7.14. The number of para-hydroxylation sites is 1. The zero-order valence-electron chi connectivity index (χ0n) is 14.5. The summed E-state index contributed by atoms with van der Waals surface area (Å²) < 4.78 is 12.7. The highest BCUT2D eigenvalue weighted by Gasteiger charge is 2.23. The molecule has 0 aliphatic carbocycles. The number of hydrogen-bond acceptors (Lipinski definition) is 6. The van der Waals surface area contributed by atoms with Gasteiger partial charge in [0.15, 0.2) is 0 Å². The first-order chi connectivity index (χ1) is 13.2. The number of thiazole rings is 1. The van der Waals surface area contributed by atoms with Gasteiger partial charge in [0.05, 0.1) is 23.9 Å². The Bertz CT molecular complexity index is 1130. The van der Waals surface area contributed by atoms with Crippen molar-refractivity contribution in [2.45, 2.75) is 6.61 Å². The molecular weight excluding hydrogens is 360 g/mol. The minimum atomic E-state index is 0.510. The van der Waals surface area contributed by atoms with E-state index in [4.69, 9.17) is 20.2 Å². The first kappa shape index (κ1) is 15.9. The molecule has 4 aromatic rings. The van der Waals surface area contributed by atoms with E-state index in [0.29, 0.717) is 12.4 Å². The summed E-state index contributed by atoms with van der Waals surface area (Å²) in [5.41, 5.74) is 10.2. The van der Waals surface area contributed by atoms with Gasteiger partial charge in [-0.1, -0.05) is 35.6 Å². The SMILES string of the molecule is COc1ccc(-c2cnn(-c3nc4c(s3)COc3ccccc3-4)c2N)cc1. The van der Waals surface area contributed by atoms with Crippen molar-refractivity contribution in [3.63, 3.8) is 0 Å². The summed E-state index contributed by atoms with van der Waals surface area (Å²) in [6.45, 7) is 0.510. The summed E-state index contributed by atoms with van der Waals surface area (Å²) in [4.78, 5) is 5.87. The van der Waals surface area contributed by atoms with Gasteiger partial charge in [-0.25, -0.2) is 4.98 Å². The third-order valence-corrected chi connectivity index (χ3v) is 5.58. The molecule has 5 rings (SSSR count). The minimum absolute atomic E-state index is 0.510. The van der Waals surface area contributed by atoms with Crippen molar-refractivity contribution in [2.75, 3.05) is 12.8 Å². The van der Waals surface area contributed by atoms with Crippen LogP contribution >= 0.6 is 11.3 Å². The van der Waals surface area contributed by atoms with Crippen LogP contribution in [0.1, 0.15) is 4.88 Å². The normalized spacial score (nSPS) is 12.2. The molecule has 7 heteroatoms. The molecule has 1 aliphatic rings. The van der Waals surface area contributed by atoms with E-state index in [1.807, 2.05) is 48.5 Å². The lowest BCUT2D eigenvalue weighted by Crippen LogP contribution is -2.03. The van der Waals surface area contributed by atoms with Gasteiger partial charge in [-0.2, -0.15) is 9.78 Å². The molecule has 0 radical (unpaired) electrons. The standard InChI is InChI=1S/C20H16N4O2S/c1-25-13-8-6-12(7-9-13)15-10-22-24(19(15)21)20-23-18-14-4-2-3-5-16(14)26-11-17(18)27-20/h2-10H,11,21H2,1H3. The molecule has 0 spiro atoms. The molecule has 0 fully saturated rings. The Morgan fingerprint density at radius 2 is 1.93 bits per heavy atom. The summed E-state index contributed by atoms with van der Waals surface area (Å²) in [6.07, 6.45) is 1.77. The highest BCUT2D eigenvalue weighted by Crippen LogP contribution is 2.41. The molecule has 134 valence electrons. The van der Waals surface area contributed by atoms with E-state index in [9.17, 15) is 0 Å². The van der Waals surface area contributed by atoms with Crippen LogP contribution in [-0.4, -0.2) is 21.9 Å². The maximum absolute atomic E-state index is 6.40. The maximum Gasteiger partial charge on any atom is 0.213 e. The van der Waals surface area contributed by atoms with Gasteiger partial charge in [-0.3, -0.25) is 0 Å². The minimum Gasteiger partial charge on any atom is -0.497 e. The molecule has 0 saturated carbocycles. The van der Waals surface area contributed by atoms with Crippen molar-refractivity contribution in [1.82, 2.24) is 14.8 Å². The third-order valence-electron chi connectivity index (χ3n) is 4.58. The third kappa shape index (κ3) is 2.55. The Balaban J connectivity index is 1.55. The van der Waals surface area contributed by atoms with E-state index < -0.39 is 0 Å². The van der Waals surface area contributed by atoms with E-state index in [2.05, 4.69) is 5.10 Å². The van der Waals surface area contributed by atoms with E-state index in [1.54, 1.807) is 29.3 Å². The number of benzene rings is 2. The smallest absolute Gasteiger partial charge is 0.213 e. The van der Waals surface area contributed by atoms with Crippen molar-refractivity contribution in [2.24, 2.45) is 0 Å². The summed E-state index contributed by atoms with van der Waals surface area (Å²) in [6, 6.07) is 15.7. The number of nitrogens with zero attached hydrogens (tertiary/aromatic N) is 3. The van der Waals surface area contributed by atoms with Crippen molar-refractivity contribution in [3.05, 3.63) is 59.6 Å². The molecule has 2 aromatic heterocycles. The Kier molecular flexibility index (Phi) is 3.61. The molecular formula is C20H16N4O2S. The van der Waals surface area contributed by atoms with Crippen molar-refractivity contribution in [3.8, 4) is 39.0 Å². The zero-order chi connectivity index (χ0) is 18.4. The van der Waals surface area contributed by atoms with Crippen LogP contribution in [0.4, 0.5) is 5.82 Å². The highest BCUT2D eigenvalue weighted by atomic mass is 32.1. The van der Waals surface area contributed by atoms with Crippen LogP contribution in [0, 0.1) is 0 Å². The van der Waals surface area contributed by atoms with Crippen molar-refractivity contribution in [1.29, 1.82) is 0 Å². The van der Waals surface area contributed by atoms with E-state index in [1.165, 1.54) is 0 Å². The summed E-state index contributed by atoms with van der Waals surface area (Å²) >= 11 is 1.55. The lowest BCUT2D eigenvalue weighted by Gasteiger charge is -2.15. The first-order valence-corrected chi connectivity index (χ1v) is 9.26. The molecule has 0 atom stereocenters. The van der Waals surface area contributed by atoms with Gasteiger partial charge in [0.2, 0.25) is 5.13 Å². The van der Waals surface area contributed by atoms with Gasteiger partial charge in [0.25, 0.3) is 0 Å². The van der Waals surface area contributed by atoms with E-state index in [0.717, 1.165) is 43.9 Å². The van der Waals surface area contributed by atoms with Crippen LogP contribution < -0.4 is 15.2 Å². The quantitative estimate of drug-likeness (QED) is 0.581. The fourth-order valence-electron chi connectivity index (χ4n) is 3.17. The Morgan fingerprint density at radius 3 is 2.74 bits per heavy atom. The van der Waals surface area contributed by atoms with Crippen molar-refractivity contribution >= 4 is 17.2 Å². The van der Waals surface area contributed by atoms with Gasteiger partial charge in [0, 0.05) is 11.1 Å². The maximum atomic E-state index is 6.40. The number of fused-ring (bicyclic) bond motifs is 3. The number of anilines is 1. The Morgan fingerprint density at radius 1 is 1.11 bits per heavy atom. The Labute approximate surface area is 159 Å². The fourth-order valence-corrected chi connectivity index (χ4v) is 4.13. The number of nitrogen functional groups attached to an aromatic ring is 1. The number of methoxy groups -OCH3 is 1. The molecule has 0 unspecified atom stereocenters. The summed E-state index contributed by atoms with van der Waals surface area (Å²) in [5, 5.41) is 5.21. The molecule has 1 aliphatic heterocycles. The molecule has 6 nitrogen and oxygen atoms in total. The average molecular weight is 376 g/mol. The van der Waals surface area contributed by atoms with Crippen LogP contribution in [0.3, 0.4) is 0 Å². The number of ether oxygens (including phenoxy) is 2. The molecule has 0 saturated heterocycles. The largest absolute Gasteiger partial charge is 0.497 e. The molecule has 0 bridgehead atoms. The van der Waals surface area contributed by atoms with Crippen molar-refractivity contribution < 1.29 is 9.47 Å². The van der Waals surface area contributed by atoms with Crippen LogP contribution in [0.2, 0.25) is 0 Å². The predicted molar refractivity (Wildman–Crippen MR) is 105 cm³/mol. The van der Waals surface area contributed by atoms with Gasteiger partial charge in [0.1, 0.15) is 23.9 Å². The molecule has 27 heavy (non-hydrogen) atoms. The van der Waals surface area contributed by atoms with E-state index in [-0.39, 0.29) is 0 Å². The molecule has 0 amide bonds. The molecule has 2 aromatic carbocycles. The first-order valence-electron chi connectivity index (χ1n) is 8.45. The van der Waals surface area contributed by atoms with Gasteiger partial charge in [-0.05, 0) is 29.8 Å². The summed E-state index contributed by atoms with van der Waals surface area (Å²) in [7, 11) is 1.65.